The number of amides is 1. The summed E-state index contributed by atoms with van der Waals surface area (Å²) in [7, 11) is 0. The van der Waals surface area contributed by atoms with Gasteiger partial charge in [0.05, 0.1) is 0 Å². The van der Waals surface area contributed by atoms with E-state index in [1.54, 1.807) is 24.3 Å². The van der Waals surface area contributed by atoms with Crippen molar-refractivity contribution in [3.63, 3.8) is 0 Å². The standard InChI is InChI=1S/C14H18N4O/c1-14(2,3)17-9-10(8-15)13(19)18-12-6-4-11(16)5-7-12/h4-7,9,17H,16H2,1-3H3,(H,18,19)/b10-9-. The minimum Gasteiger partial charge on any atom is -0.399 e. The van der Waals surface area contributed by atoms with Crippen molar-refractivity contribution in [1.82, 2.24) is 5.32 Å². The van der Waals surface area contributed by atoms with Crippen LogP contribution in [0.2, 0.25) is 0 Å². The Balaban J connectivity index is 2.75. The average Bonchev–Trinajstić information content (AvgIpc) is 2.31. The molecule has 4 N–H and O–H groups in total. The molecule has 1 amide bonds. The second-order valence-electron chi connectivity index (χ2n) is 5.14. The Morgan fingerprint density at radius 2 is 1.89 bits per heavy atom. The number of rotatable bonds is 3. The smallest absolute Gasteiger partial charge is 0.267 e. The number of nitrogens with zero attached hydrogens (tertiary/aromatic N) is 1. The normalized spacial score (nSPS) is 11.6. The summed E-state index contributed by atoms with van der Waals surface area (Å²) in [6, 6.07) is 8.59. The summed E-state index contributed by atoms with van der Waals surface area (Å²) in [6.07, 6.45) is 1.42. The van der Waals surface area contributed by atoms with Gasteiger partial charge >= 0.3 is 0 Å². The lowest BCUT2D eigenvalue weighted by Gasteiger charge is -2.18. The third-order valence-corrected chi connectivity index (χ3v) is 2.18. The van der Waals surface area contributed by atoms with Gasteiger partial charge in [-0.15, -0.1) is 0 Å². The van der Waals surface area contributed by atoms with E-state index < -0.39 is 5.91 Å². The van der Waals surface area contributed by atoms with Gasteiger partial charge in [-0.05, 0) is 45.0 Å². The van der Waals surface area contributed by atoms with Crippen molar-refractivity contribution in [2.45, 2.75) is 26.3 Å². The largest absolute Gasteiger partial charge is 0.399 e. The maximum absolute atomic E-state index is 11.9. The molecular formula is C14H18N4O. The maximum Gasteiger partial charge on any atom is 0.267 e. The highest BCUT2D eigenvalue weighted by Crippen LogP contribution is 2.11. The highest BCUT2D eigenvalue weighted by atomic mass is 16.1. The van der Waals surface area contributed by atoms with E-state index in [9.17, 15) is 4.79 Å². The van der Waals surface area contributed by atoms with E-state index in [1.165, 1.54) is 6.20 Å². The zero-order chi connectivity index (χ0) is 14.5. The van der Waals surface area contributed by atoms with E-state index in [4.69, 9.17) is 11.0 Å². The molecule has 0 atom stereocenters. The number of nitrogens with one attached hydrogen (secondary N) is 2. The zero-order valence-corrected chi connectivity index (χ0v) is 11.3. The molecule has 0 spiro atoms. The van der Waals surface area contributed by atoms with E-state index in [0.717, 1.165) is 0 Å². The number of carbonyl (C=O) groups excluding carboxylic acids is 1. The van der Waals surface area contributed by atoms with Gasteiger partial charge < -0.3 is 16.4 Å². The first-order valence-corrected chi connectivity index (χ1v) is 5.87. The van der Waals surface area contributed by atoms with E-state index in [2.05, 4.69) is 10.6 Å². The molecule has 100 valence electrons. The molecule has 0 radical (unpaired) electrons. The second-order valence-corrected chi connectivity index (χ2v) is 5.14. The number of benzene rings is 1. The summed E-state index contributed by atoms with van der Waals surface area (Å²) in [4.78, 5) is 11.9. The summed E-state index contributed by atoms with van der Waals surface area (Å²) in [5.41, 5.74) is 6.58. The van der Waals surface area contributed by atoms with Gasteiger partial charge in [-0.25, -0.2) is 0 Å². The lowest BCUT2D eigenvalue weighted by molar-refractivity contribution is -0.112. The topological polar surface area (TPSA) is 90.9 Å². The number of nitrogens with two attached hydrogens (primary N) is 1. The number of hydrogen-bond acceptors (Lipinski definition) is 4. The lowest BCUT2D eigenvalue weighted by atomic mass is 10.1. The van der Waals surface area contributed by atoms with Crippen LogP contribution in [-0.4, -0.2) is 11.4 Å². The molecule has 0 aromatic heterocycles. The van der Waals surface area contributed by atoms with Crippen LogP contribution in [0.4, 0.5) is 11.4 Å². The second kappa shape index (κ2) is 5.91. The number of hydrogen-bond donors (Lipinski definition) is 3. The Morgan fingerprint density at radius 3 is 2.37 bits per heavy atom. The third kappa shape index (κ3) is 5.13. The minimum atomic E-state index is -0.455. The fourth-order valence-electron chi connectivity index (χ4n) is 1.20. The van der Waals surface area contributed by atoms with Crippen molar-refractivity contribution in [3.05, 3.63) is 36.0 Å². The predicted molar refractivity (Wildman–Crippen MR) is 76.1 cm³/mol. The average molecular weight is 258 g/mol. The molecule has 0 aliphatic heterocycles. The summed E-state index contributed by atoms with van der Waals surface area (Å²) in [6.45, 7) is 5.82. The molecule has 0 aliphatic carbocycles. The van der Waals surface area contributed by atoms with Crippen LogP contribution in [0, 0.1) is 11.3 Å². The summed E-state index contributed by atoms with van der Waals surface area (Å²) in [5.74, 6) is -0.455. The van der Waals surface area contributed by atoms with Gasteiger partial charge in [0.15, 0.2) is 0 Å². The van der Waals surface area contributed by atoms with Gasteiger partial charge in [-0.3, -0.25) is 4.79 Å². The first kappa shape index (κ1) is 14.6. The van der Waals surface area contributed by atoms with Crippen LogP contribution in [-0.2, 0) is 4.79 Å². The van der Waals surface area contributed by atoms with Crippen LogP contribution >= 0.6 is 0 Å². The van der Waals surface area contributed by atoms with Crippen molar-refractivity contribution in [2.75, 3.05) is 11.1 Å². The van der Waals surface area contributed by atoms with Crippen molar-refractivity contribution in [1.29, 1.82) is 5.26 Å². The fourth-order valence-corrected chi connectivity index (χ4v) is 1.20. The van der Waals surface area contributed by atoms with Crippen molar-refractivity contribution in [3.8, 4) is 6.07 Å². The molecule has 0 fully saturated rings. The van der Waals surface area contributed by atoms with E-state index in [1.807, 2.05) is 26.8 Å². The van der Waals surface area contributed by atoms with Crippen LogP contribution < -0.4 is 16.4 Å². The molecule has 1 rings (SSSR count). The molecule has 0 aliphatic rings. The van der Waals surface area contributed by atoms with Gasteiger partial charge in [-0.2, -0.15) is 5.26 Å². The van der Waals surface area contributed by atoms with Crippen molar-refractivity contribution in [2.24, 2.45) is 0 Å². The van der Waals surface area contributed by atoms with Crippen LogP contribution in [0.3, 0.4) is 0 Å². The predicted octanol–water partition coefficient (Wildman–Crippen LogP) is 2.00. The SMILES string of the molecule is CC(C)(C)N/C=C(/C#N)C(=O)Nc1ccc(N)cc1. The van der Waals surface area contributed by atoms with Gasteiger partial charge in [0, 0.05) is 23.1 Å². The molecule has 1 aromatic carbocycles. The molecule has 1 aromatic rings. The fraction of sp³-hybridized carbons (Fsp3) is 0.286. The number of nitriles is 1. The van der Waals surface area contributed by atoms with E-state index in [0.29, 0.717) is 11.4 Å². The first-order chi connectivity index (χ1) is 8.81. The van der Waals surface area contributed by atoms with E-state index in [-0.39, 0.29) is 11.1 Å². The molecular weight excluding hydrogens is 240 g/mol. The van der Waals surface area contributed by atoms with Crippen LogP contribution in [0.25, 0.3) is 0 Å². The van der Waals surface area contributed by atoms with Crippen LogP contribution in [0.1, 0.15) is 20.8 Å². The molecule has 19 heavy (non-hydrogen) atoms. The monoisotopic (exact) mass is 258 g/mol. The highest BCUT2D eigenvalue weighted by Gasteiger charge is 2.12. The minimum absolute atomic E-state index is 0.0201. The Hall–Kier alpha value is -2.48. The lowest BCUT2D eigenvalue weighted by Crippen LogP contribution is -2.32. The zero-order valence-electron chi connectivity index (χ0n) is 11.3. The molecule has 0 bridgehead atoms. The third-order valence-electron chi connectivity index (χ3n) is 2.18. The quantitative estimate of drug-likeness (QED) is 0.439. The number of anilines is 2. The Labute approximate surface area is 113 Å². The molecule has 0 heterocycles. The summed E-state index contributed by atoms with van der Waals surface area (Å²) < 4.78 is 0. The molecule has 0 unspecified atom stereocenters. The molecule has 5 heteroatoms. The van der Waals surface area contributed by atoms with Crippen LogP contribution in [0.5, 0.6) is 0 Å². The molecule has 5 nitrogen and oxygen atoms in total. The van der Waals surface area contributed by atoms with Gasteiger partial charge in [-0.1, -0.05) is 0 Å². The number of nitrogen functional groups attached to an aromatic ring is 1. The maximum atomic E-state index is 11.9. The molecule has 0 saturated heterocycles. The van der Waals surface area contributed by atoms with Crippen LogP contribution in [0.15, 0.2) is 36.0 Å². The van der Waals surface area contributed by atoms with Gasteiger partial charge in [0.2, 0.25) is 0 Å². The first-order valence-electron chi connectivity index (χ1n) is 5.87. The number of carbonyl (C=O) groups is 1. The Bertz CT molecular complexity index is 518. The highest BCUT2D eigenvalue weighted by molar-refractivity contribution is 6.06. The van der Waals surface area contributed by atoms with Gasteiger partial charge in [0.1, 0.15) is 11.6 Å². The Morgan fingerprint density at radius 1 is 1.32 bits per heavy atom. The Kier molecular flexibility index (Phi) is 4.54. The molecule has 0 saturated carbocycles. The van der Waals surface area contributed by atoms with Crippen molar-refractivity contribution >= 4 is 17.3 Å². The van der Waals surface area contributed by atoms with Gasteiger partial charge in [0.25, 0.3) is 5.91 Å². The van der Waals surface area contributed by atoms with Crippen molar-refractivity contribution < 1.29 is 4.79 Å². The summed E-state index contributed by atoms with van der Waals surface area (Å²) >= 11 is 0. The summed E-state index contributed by atoms with van der Waals surface area (Å²) in [5, 5.41) is 14.6. The van der Waals surface area contributed by atoms with E-state index >= 15 is 0 Å².